The molecule has 2 N–H and O–H groups in total. The molecule has 6 nitrogen and oxygen atoms in total. The Bertz CT molecular complexity index is 1130. The number of piperidine rings is 1. The highest BCUT2D eigenvalue weighted by atomic mass is 19.1. The second-order valence-corrected chi connectivity index (χ2v) is 10.6. The van der Waals surface area contributed by atoms with Crippen LogP contribution in [0, 0.1) is 17.7 Å². The highest BCUT2D eigenvalue weighted by Gasteiger charge is 2.36. The summed E-state index contributed by atoms with van der Waals surface area (Å²) in [7, 11) is 1.42. The predicted molar refractivity (Wildman–Crippen MR) is 149 cm³/mol. The Morgan fingerprint density at radius 3 is 2.47 bits per heavy atom. The first-order chi connectivity index (χ1) is 18.2. The number of carbonyl (C=O) groups is 2. The molecular weight excluding hydrogens is 481 g/mol. The first-order valence-corrected chi connectivity index (χ1v) is 13.6. The molecule has 1 fully saturated rings. The van der Waals surface area contributed by atoms with E-state index in [1.807, 2.05) is 24.3 Å². The summed E-state index contributed by atoms with van der Waals surface area (Å²) in [5, 5.41) is 12.6. The Labute approximate surface area is 226 Å². The van der Waals surface area contributed by atoms with Crippen molar-refractivity contribution in [1.82, 2.24) is 15.1 Å². The molecule has 3 unspecified atom stereocenters. The van der Waals surface area contributed by atoms with E-state index in [0.29, 0.717) is 35.8 Å². The van der Waals surface area contributed by atoms with Gasteiger partial charge in [-0.25, -0.2) is 4.39 Å². The number of aryl methyl sites for hydroxylation is 2. The maximum atomic E-state index is 14.7. The summed E-state index contributed by atoms with van der Waals surface area (Å²) < 4.78 is 14.7. The lowest BCUT2D eigenvalue weighted by Gasteiger charge is -2.35. The zero-order valence-corrected chi connectivity index (χ0v) is 23.2. The van der Waals surface area contributed by atoms with E-state index in [0.717, 1.165) is 47.6 Å². The van der Waals surface area contributed by atoms with Gasteiger partial charge in [-0.1, -0.05) is 51.1 Å². The van der Waals surface area contributed by atoms with E-state index >= 15 is 0 Å². The largest absolute Gasteiger partial charge is 0.365 e. The Morgan fingerprint density at radius 2 is 1.84 bits per heavy atom. The number of aliphatic hydroxyl groups is 1. The number of hydrogen-bond donors (Lipinski definition) is 2. The Kier molecular flexibility index (Phi) is 10.6. The Hall–Kier alpha value is -3.03. The third-order valence-corrected chi connectivity index (χ3v) is 7.28. The number of likely N-dealkylation sites (tertiary alicyclic amines) is 1. The maximum absolute atomic E-state index is 14.7. The summed E-state index contributed by atoms with van der Waals surface area (Å²) >= 11 is 0. The fraction of sp³-hybridized carbons (Fsp3) is 0.484. The van der Waals surface area contributed by atoms with Crippen molar-refractivity contribution in [3.05, 3.63) is 82.7 Å². The molecule has 3 atom stereocenters. The van der Waals surface area contributed by atoms with Crippen LogP contribution < -0.4 is 5.32 Å². The summed E-state index contributed by atoms with van der Waals surface area (Å²) in [6.45, 7) is 13.2. The molecule has 2 amide bonds. The summed E-state index contributed by atoms with van der Waals surface area (Å²) in [5.74, 6) is 0.135. The Morgan fingerprint density at radius 1 is 1.18 bits per heavy atom. The van der Waals surface area contributed by atoms with Gasteiger partial charge in [-0.15, -0.1) is 6.58 Å². The number of fused-ring (bicyclic) bond motifs is 1. The number of allylic oxidation sites excluding steroid dienone is 1. The standard InChI is InChI=1S/C27H34FN3O3.C4H8/c1-17-11-18(2)14-30(13-17)15-19-7-10-24(28)21(12-19)9-8-20-5-4-6-22-23(20)16-31(26(22)33)27(34)25(32)29-3;1-3-4-2/h4-7,10,12,17-18,27,34H,8-9,11,13-16H2,1-3H3,(H,29,32);3H,1,4H2,2H3. The molecule has 0 radical (unpaired) electrons. The molecule has 1 saturated heterocycles. The maximum Gasteiger partial charge on any atom is 0.269 e. The molecular formula is C31H42FN3O3. The number of amides is 2. The van der Waals surface area contributed by atoms with Crippen LogP contribution in [0.3, 0.4) is 0 Å². The van der Waals surface area contributed by atoms with E-state index in [-0.39, 0.29) is 18.3 Å². The molecule has 206 valence electrons. The number of likely N-dealkylation sites (N-methyl/N-ethyl adjacent to an activating group) is 1. The van der Waals surface area contributed by atoms with Crippen LogP contribution in [-0.2, 0) is 30.7 Å². The van der Waals surface area contributed by atoms with Crippen molar-refractivity contribution in [2.45, 2.75) is 65.8 Å². The molecule has 2 aromatic carbocycles. The van der Waals surface area contributed by atoms with Crippen molar-refractivity contribution in [3.8, 4) is 0 Å². The average Bonchev–Trinajstić information content (AvgIpc) is 3.24. The molecule has 2 aliphatic rings. The molecule has 2 aromatic rings. The van der Waals surface area contributed by atoms with Gasteiger partial charge in [0.1, 0.15) is 5.82 Å². The van der Waals surface area contributed by atoms with E-state index < -0.39 is 12.1 Å². The van der Waals surface area contributed by atoms with Crippen molar-refractivity contribution < 1.29 is 19.1 Å². The number of halogens is 1. The van der Waals surface area contributed by atoms with Gasteiger partial charge in [0.05, 0.1) is 6.54 Å². The predicted octanol–water partition coefficient (Wildman–Crippen LogP) is 4.69. The second-order valence-electron chi connectivity index (χ2n) is 10.6. The zero-order chi connectivity index (χ0) is 27.8. The van der Waals surface area contributed by atoms with Crippen molar-refractivity contribution in [2.24, 2.45) is 11.8 Å². The minimum Gasteiger partial charge on any atom is -0.365 e. The van der Waals surface area contributed by atoms with Crippen LogP contribution >= 0.6 is 0 Å². The monoisotopic (exact) mass is 523 g/mol. The van der Waals surface area contributed by atoms with Crippen LogP contribution in [0.15, 0.2) is 49.1 Å². The molecule has 0 saturated carbocycles. The van der Waals surface area contributed by atoms with Crippen LogP contribution in [-0.4, -0.2) is 53.1 Å². The number of hydrogen-bond acceptors (Lipinski definition) is 4. The third-order valence-electron chi connectivity index (χ3n) is 7.28. The first kappa shape index (κ1) is 29.5. The average molecular weight is 524 g/mol. The molecule has 2 aliphatic heterocycles. The van der Waals surface area contributed by atoms with Crippen LogP contribution in [0.1, 0.15) is 66.2 Å². The molecule has 38 heavy (non-hydrogen) atoms. The number of rotatable bonds is 8. The summed E-state index contributed by atoms with van der Waals surface area (Å²) in [4.78, 5) is 28.2. The van der Waals surface area contributed by atoms with Crippen LogP contribution in [0.5, 0.6) is 0 Å². The number of nitrogens with zero attached hydrogens (tertiary/aromatic N) is 2. The lowest BCUT2D eigenvalue weighted by atomic mass is 9.91. The zero-order valence-electron chi connectivity index (χ0n) is 23.2. The van der Waals surface area contributed by atoms with Gasteiger partial charge >= 0.3 is 0 Å². The van der Waals surface area contributed by atoms with Gasteiger partial charge in [0.25, 0.3) is 11.8 Å². The number of carbonyl (C=O) groups excluding carboxylic acids is 2. The SMILES string of the molecule is C=CCC.CNC(=O)C(O)N1Cc2c(CCc3cc(CN4CC(C)CC(C)C4)ccc3F)cccc2C1=O. The van der Waals surface area contributed by atoms with Crippen LogP contribution in [0.2, 0.25) is 0 Å². The summed E-state index contributed by atoms with van der Waals surface area (Å²) in [6, 6.07) is 10.8. The second kappa shape index (κ2) is 13.7. The van der Waals surface area contributed by atoms with Crippen molar-refractivity contribution in [2.75, 3.05) is 20.1 Å². The topological polar surface area (TPSA) is 72.9 Å². The molecule has 0 spiro atoms. The van der Waals surface area contributed by atoms with E-state index in [9.17, 15) is 19.1 Å². The highest BCUT2D eigenvalue weighted by Crippen LogP contribution is 2.29. The van der Waals surface area contributed by atoms with Gasteiger partial charge in [-0.2, -0.15) is 0 Å². The fourth-order valence-corrected chi connectivity index (χ4v) is 5.49. The fourth-order valence-electron chi connectivity index (χ4n) is 5.49. The molecule has 0 aliphatic carbocycles. The van der Waals surface area contributed by atoms with E-state index in [2.05, 4.69) is 37.6 Å². The van der Waals surface area contributed by atoms with Gasteiger partial charge in [0.15, 0.2) is 0 Å². The third kappa shape index (κ3) is 7.29. The van der Waals surface area contributed by atoms with Crippen molar-refractivity contribution in [1.29, 1.82) is 0 Å². The first-order valence-electron chi connectivity index (χ1n) is 13.6. The lowest BCUT2D eigenvalue weighted by Crippen LogP contribution is -2.45. The minimum absolute atomic E-state index is 0.160. The summed E-state index contributed by atoms with van der Waals surface area (Å²) in [5.41, 5.74) is 4.00. The van der Waals surface area contributed by atoms with Crippen LogP contribution in [0.4, 0.5) is 4.39 Å². The molecule has 4 rings (SSSR count). The summed E-state index contributed by atoms with van der Waals surface area (Å²) in [6.07, 6.45) is 3.76. The van der Waals surface area contributed by atoms with Gasteiger partial charge in [0, 0.05) is 32.2 Å². The van der Waals surface area contributed by atoms with Crippen molar-refractivity contribution >= 4 is 11.8 Å². The molecule has 2 heterocycles. The normalized spacial score (nSPS) is 19.8. The van der Waals surface area contributed by atoms with E-state index in [1.165, 1.54) is 13.5 Å². The quantitative estimate of drug-likeness (QED) is 0.493. The Balaban J connectivity index is 0.000000934. The number of nitrogens with one attached hydrogen (secondary N) is 1. The number of aliphatic hydroxyl groups excluding tert-OH is 1. The minimum atomic E-state index is -1.54. The van der Waals surface area contributed by atoms with Crippen molar-refractivity contribution in [3.63, 3.8) is 0 Å². The van der Waals surface area contributed by atoms with Gasteiger partial charge in [-0.05, 0) is 71.9 Å². The smallest absolute Gasteiger partial charge is 0.269 e. The van der Waals surface area contributed by atoms with E-state index in [1.54, 1.807) is 18.2 Å². The highest BCUT2D eigenvalue weighted by molar-refractivity contribution is 6.01. The van der Waals surface area contributed by atoms with Gasteiger partial charge in [-0.3, -0.25) is 14.5 Å². The lowest BCUT2D eigenvalue weighted by molar-refractivity contribution is -0.136. The van der Waals surface area contributed by atoms with Crippen LogP contribution in [0.25, 0.3) is 0 Å². The molecule has 0 aromatic heterocycles. The van der Waals surface area contributed by atoms with Gasteiger partial charge in [0.2, 0.25) is 6.23 Å². The van der Waals surface area contributed by atoms with Gasteiger partial charge < -0.3 is 15.3 Å². The number of benzene rings is 2. The molecule has 0 bridgehead atoms. The van der Waals surface area contributed by atoms with E-state index in [4.69, 9.17) is 0 Å². The molecule has 7 heteroatoms.